The summed E-state index contributed by atoms with van der Waals surface area (Å²) in [5.41, 5.74) is 2.29. The summed E-state index contributed by atoms with van der Waals surface area (Å²) in [6.07, 6.45) is 3.30. The molecule has 0 saturated heterocycles. The van der Waals surface area contributed by atoms with Crippen LogP contribution < -0.4 is 0 Å². The van der Waals surface area contributed by atoms with E-state index in [4.69, 9.17) is 9.84 Å². The molecular weight excluding hydrogens is 272 g/mol. The number of imidazole rings is 1. The Morgan fingerprint density at radius 1 is 1.33 bits per heavy atom. The number of rotatable bonds is 4. The number of hydrogen-bond donors (Lipinski definition) is 2. The predicted molar refractivity (Wildman–Crippen MR) is 74.8 cm³/mol. The second-order valence-electron chi connectivity index (χ2n) is 4.44. The number of H-pyrrole nitrogens is 1. The van der Waals surface area contributed by atoms with E-state index in [1.807, 2.05) is 0 Å². The second-order valence-corrected chi connectivity index (χ2v) is 4.44. The van der Waals surface area contributed by atoms with Crippen molar-refractivity contribution in [2.45, 2.75) is 6.61 Å². The normalized spacial score (nSPS) is 10.9. The number of methoxy groups -OCH3 is 1. The number of carbonyl (C=O) groups is 1. The van der Waals surface area contributed by atoms with Crippen LogP contribution in [0, 0.1) is 0 Å². The van der Waals surface area contributed by atoms with Crippen molar-refractivity contribution in [1.82, 2.24) is 19.9 Å². The summed E-state index contributed by atoms with van der Waals surface area (Å²) in [4.78, 5) is 26.8. The number of aromatic carboxylic acids is 1. The van der Waals surface area contributed by atoms with Gasteiger partial charge < -0.3 is 14.8 Å². The lowest BCUT2D eigenvalue weighted by Gasteiger charge is -1.99. The molecule has 3 aromatic rings. The molecule has 1 aromatic carbocycles. The van der Waals surface area contributed by atoms with Gasteiger partial charge in [-0.25, -0.2) is 19.7 Å². The van der Waals surface area contributed by atoms with Crippen LogP contribution in [0.2, 0.25) is 0 Å². The summed E-state index contributed by atoms with van der Waals surface area (Å²) >= 11 is 0. The van der Waals surface area contributed by atoms with Crippen molar-refractivity contribution in [3.05, 3.63) is 42.0 Å². The first kappa shape index (κ1) is 13.2. The molecule has 106 valence electrons. The van der Waals surface area contributed by atoms with Crippen LogP contribution in [0.1, 0.15) is 16.2 Å². The highest BCUT2D eigenvalue weighted by Gasteiger charge is 2.09. The van der Waals surface area contributed by atoms with E-state index >= 15 is 0 Å². The standard InChI is InChI=1S/C14H12N4O3/c1-21-7-12-15-5-9(6-16-12)13-17-10-3-2-8(14(19)20)4-11(10)18-13/h2-6H,7H2,1H3,(H,17,18)(H,19,20). The van der Waals surface area contributed by atoms with Crippen LogP contribution >= 0.6 is 0 Å². The summed E-state index contributed by atoms with van der Waals surface area (Å²) in [7, 11) is 1.58. The summed E-state index contributed by atoms with van der Waals surface area (Å²) in [6.45, 7) is 0.350. The Balaban J connectivity index is 1.98. The number of aromatic nitrogens is 4. The minimum absolute atomic E-state index is 0.212. The van der Waals surface area contributed by atoms with Gasteiger partial charge in [0.15, 0.2) is 5.82 Å². The maximum Gasteiger partial charge on any atom is 0.335 e. The molecule has 0 amide bonds. The first-order valence-electron chi connectivity index (χ1n) is 6.20. The number of fused-ring (bicyclic) bond motifs is 1. The Morgan fingerprint density at radius 2 is 2.10 bits per heavy atom. The Kier molecular flexibility index (Phi) is 3.33. The van der Waals surface area contributed by atoms with E-state index in [0.29, 0.717) is 29.3 Å². The van der Waals surface area contributed by atoms with Crippen molar-refractivity contribution in [2.24, 2.45) is 0 Å². The lowest BCUT2D eigenvalue weighted by atomic mass is 10.2. The van der Waals surface area contributed by atoms with E-state index in [1.54, 1.807) is 31.6 Å². The molecule has 2 heterocycles. The van der Waals surface area contributed by atoms with Crippen molar-refractivity contribution >= 4 is 17.0 Å². The molecule has 0 saturated carbocycles. The zero-order chi connectivity index (χ0) is 14.8. The van der Waals surface area contributed by atoms with Crippen LogP contribution in [0.5, 0.6) is 0 Å². The molecule has 0 fully saturated rings. The second kappa shape index (κ2) is 5.29. The number of ether oxygens (including phenoxy) is 1. The largest absolute Gasteiger partial charge is 0.478 e. The SMILES string of the molecule is COCc1ncc(-c2nc3ccc(C(=O)O)cc3[nH]2)cn1. The number of hydrogen-bond acceptors (Lipinski definition) is 5. The molecule has 0 aliphatic heterocycles. The molecular formula is C14H12N4O3. The highest BCUT2D eigenvalue weighted by Crippen LogP contribution is 2.20. The Morgan fingerprint density at radius 3 is 2.76 bits per heavy atom. The molecule has 0 unspecified atom stereocenters. The molecule has 7 nitrogen and oxygen atoms in total. The fraction of sp³-hybridized carbons (Fsp3) is 0.143. The monoisotopic (exact) mass is 284 g/mol. The molecule has 3 rings (SSSR count). The van der Waals surface area contributed by atoms with Crippen LogP contribution in [0.25, 0.3) is 22.4 Å². The summed E-state index contributed by atoms with van der Waals surface area (Å²) in [5, 5.41) is 8.98. The van der Waals surface area contributed by atoms with E-state index in [1.165, 1.54) is 6.07 Å². The maximum atomic E-state index is 11.0. The quantitative estimate of drug-likeness (QED) is 0.758. The number of aromatic amines is 1. The van der Waals surface area contributed by atoms with Gasteiger partial charge in [-0.3, -0.25) is 0 Å². The summed E-state index contributed by atoms with van der Waals surface area (Å²) in [5.74, 6) is 0.210. The zero-order valence-electron chi connectivity index (χ0n) is 11.2. The first-order valence-corrected chi connectivity index (χ1v) is 6.20. The van der Waals surface area contributed by atoms with Crippen LogP contribution in [0.4, 0.5) is 0 Å². The minimum atomic E-state index is -0.972. The Bertz CT molecular complexity index is 796. The molecule has 0 aliphatic rings. The van der Waals surface area contributed by atoms with Crippen LogP contribution in [-0.2, 0) is 11.3 Å². The molecule has 21 heavy (non-hydrogen) atoms. The average molecular weight is 284 g/mol. The van der Waals surface area contributed by atoms with E-state index in [-0.39, 0.29) is 5.56 Å². The number of carboxylic acids is 1. The topological polar surface area (TPSA) is 101 Å². The smallest absolute Gasteiger partial charge is 0.335 e. The van der Waals surface area contributed by atoms with Crippen molar-refractivity contribution < 1.29 is 14.6 Å². The molecule has 0 spiro atoms. The molecule has 0 atom stereocenters. The Labute approximate surface area is 119 Å². The van der Waals surface area contributed by atoms with Gasteiger partial charge in [0.2, 0.25) is 0 Å². The van der Waals surface area contributed by atoms with Gasteiger partial charge in [0, 0.05) is 19.5 Å². The fourth-order valence-corrected chi connectivity index (χ4v) is 1.96. The molecule has 7 heteroatoms. The van der Waals surface area contributed by atoms with Gasteiger partial charge in [0.25, 0.3) is 0 Å². The van der Waals surface area contributed by atoms with Gasteiger partial charge in [0.1, 0.15) is 12.4 Å². The average Bonchev–Trinajstić information content (AvgIpc) is 2.91. The first-order chi connectivity index (χ1) is 10.2. The van der Waals surface area contributed by atoms with Gasteiger partial charge in [0.05, 0.1) is 22.2 Å². The molecule has 2 aromatic heterocycles. The van der Waals surface area contributed by atoms with Gasteiger partial charge in [-0.2, -0.15) is 0 Å². The highest BCUT2D eigenvalue weighted by molar-refractivity contribution is 5.92. The van der Waals surface area contributed by atoms with Gasteiger partial charge in [-0.1, -0.05) is 0 Å². The van der Waals surface area contributed by atoms with Gasteiger partial charge in [-0.05, 0) is 18.2 Å². The molecule has 0 aliphatic carbocycles. The fourth-order valence-electron chi connectivity index (χ4n) is 1.96. The van der Waals surface area contributed by atoms with Crippen LogP contribution in [0.15, 0.2) is 30.6 Å². The van der Waals surface area contributed by atoms with Crippen molar-refractivity contribution in [2.75, 3.05) is 7.11 Å². The van der Waals surface area contributed by atoms with Crippen LogP contribution in [-0.4, -0.2) is 38.1 Å². The van der Waals surface area contributed by atoms with Gasteiger partial charge >= 0.3 is 5.97 Å². The van der Waals surface area contributed by atoms with Crippen molar-refractivity contribution in [3.63, 3.8) is 0 Å². The predicted octanol–water partition coefficient (Wildman–Crippen LogP) is 1.86. The lowest BCUT2D eigenvalue weighted by Crippen LogP contribution is -1.96. The summed E-state index contributed by atoms with van der Waals surface area (Å²) in [6, 6.07) is 4.74. The van der Waals surface area contributed by atoms with Crippen molar-refractivity contribution in [3.8, 4) is 11.4 Å². The van der Waals surface area contributed by atoms with E-state index in [9.17, 15) is 4.79 Å². The number of benzene rings is 1. The van der Waals surface area contributed by atoms with E-state index in [0.717, 1.165) is 5.56 Å². The van der Waals surface area contributed by atoms with Crippen molar-refractivity contribution in [1.29, 1.82) is 0 Å². The highest BCUT2D eigenvalue weighted by atomic mass is 16.5. The van der Waals surface area contributed by atoms with E-state index < -0.39 is 5.97 Å². The van der Waals surface area contributed by atoms with Gasteiger partial charge in [-0.15, -0.1) is 0 Å². The summed E-state index contributed by atoms with van der Waals surface area (Å²) < 4.78 is 4.95. The third-order valence-electron chi connectivity index (χ3n) is 2.98. The third-order valence-corrected chi connectivity index (χ3v) is 2.98. The molecule has 2 N–H and O–H groups in total. The molecule has 0 radical (unpaired) electrons. The maximum absolute atomic E-state index is 11.0. The third kappa shape index (κ3) is 2.59. The van der Waals surface area contributed by atoms with E-state index in [2.05, 4.69) is 19.9 Å². The minimum Gasteiger partial charge on any atom is -0.478 e. The molecule has 0 bridgehead atoms. The Hall–Kier alpha value is -2.80. The number of carboxylic acid groups (broad SMARTS) is 1. The van der Waals surface area contributed by atoms with Crippen LogP contribution in [0.3, 0.4) is 0 Å². The number of nitrogens with one attached hydrogen (secondary N) is 1. The zero-order valence-corrected chi connectivity index (χ0v) is 11.2. The lowest BCUT2D eigenvalue weighted by molar-refractivity contribution is 0.0697. The number of nitrogens with zero attached hydrogens (tertiary/aromatic N) is 3.